The zero-order valence-corrected chi connectivity index (χ0v) is 8.82. The maximum absolute atomic E-state index is 8.57. The monoisotopic (exact) mass is 198 g/mol. The summed E-state index contributed by atoms with van der Waals surface area (Å²) in [5.74, 6) is 1.24. The van der Waals surface area contributed by atoms with Gasteiger partial charge >= 0.3 is 0 Å². The molecule has 0 aromatic heterocycles. The third-order valence-electron chi connectivity index (χ3n) is 1.67. The summed E-state index contributed by atoms with van der Waals surface area (Å²) in [6.45, 7) is 3.81. The van der Waals surface area contributed by atoms with E-state index in [2.05, 4.69) is 6.58 Å². The van der Waals surface area contributed by atoms with Gasteiger partial charge in [0.2, 0.25) is 0 Å². The fourth-order valence-electron chi connectivity index (χ4n) is 0.935. The third-order valence-corrected chi connectivity index (χ3v) is 1.67. The summed E-state index contributed by atoms with van der Waals surface area (Å²) < 4.78 is 10.2. The molecule has 80 valence electrons. The van der Waals surface area contributed by atoms with Gasteiger partial charge < -0.3 is 14.6 Å². The number of allylic oxidation sites excluding steroid dienone is 3. The second kappa shape index (κ2) is 8.38. The molecule has 0 fully saturated rings. The number of aliphatic hydroxyl groups is 1. The van der Waals surface area contributed by atoms with Crippen molar-refractivity contribution in [3.63, 3.8) is 0 Å². The number of rotatable bonds is 7. The standard InChI is InChI=1S/C11H18O3/c1-4-10(13-2)11(14-3)8-6-5-7-9-12/h4,6,8,12H,1,5,7,9H2,2-3H3/b8-6-,11-10-. The van der Waals surface area contributed by atoms with Gasteiger partial charge in [0, 0.05) is 6.61 Å². The van der Waals surface area contributed by atoms with Crippen LogP contribution in [0.15, 0.2) is 36.3 Å². The molecule has 0 aromatic rings. The first-order valence-electron chi connectivity index (χ1n) is 4.52. The molecule has 0 amide bonds. The van der Waals surface area contributed by atoms with E-state index in [1.165, 1.54) is 0 Å². The maximum Gasteiger partial charge on any atom is 0.160 e. The number of unbranched alkanes of at least 4 members (excludes halogenated alkanes) is 1. The Balaban J connectivity index is 4.32. The highest BCUT2D eigenvalue weighted by atomic mass is 16.5. The van der Waals surface area contributed by atoms with Crippen molar-refractivity contribution >= 4 is 0 Å². The molecule has 0 bridgehead atoms. The Morgan fingerprint density at radius 1 is 1.29 bits per heavy atom. The van der Waals surface area contributed by atoms with E-state index in [9.17, 15) is 0 Å². The largest absolute Gasteiger partial charge is 0.493 e. The van der Waals surface area contributed by atoms with E-state index in [0.29, 0.717) is 11.5 Å². The van der Waals surface area contributed by atoms with Crippen LogP contribution < -0.4 is 0 Å². The molecule has 14 heavy (non-hydrogen) atoms. The highest BCUT2D eigenvalue weighted by Crippen LogP contribution is 2.09. The minimum Gasteiger partial charge on any atom is -0.493 e. The molecule has 0 radical (unpaired) electrons. The van der Waals surface area contributed by atoms with Crippen LogP contribution in [0.4, 0.5) is 0 Å². The summed E-state index contributed by atoms with van der Waals surface area (Å²) in [4.78, 5) is 0. The van der Waals surface area contributed by atoms with Crippen molar-refractivity contribution in [1.82, 2.24) is 0 Å². The van der Waals surface area contributed by atoms with Gasteiger partial charge in [0.05, 0.1) is 14.2 Å². The van der Waals surface area contributed by atoms with Crippen LogP contribution in [-0.4, -0.2) is 25.9 Å². The fourth-order valence-corrected chi connectivity index (χ4v) is 0.935. The van der Waals surface area contributed by atoms with E-state index in [1.807, 2.05) is 12.2 Å². The average Bonchev–Trinajstić information content (AvgIpc) is 2.23. The van der Waals surface area contributed by atoms with Gasteiger partial charge in [-0.15, -0.1) is 0 Å². The zero-order valence-electron chi connectivity index (χ0n) is 8.82. The van der Waals surface area contributed by atoms with E-state index in [1.54, 1.807) is 20.3 Å². The minimum atomic E-state index is 0.203. The van der Waals surface area contributed by atoms with E-state index >= 15 is 0 Å². The topological polar surface area (TPSA) is 38.7 Å². The second-order valence-corrected chi connectivity index (χ2v) is 2.61. The molecule has 0 saturated heterocycles. The molecule has 0 aliphatic carbocycles. The van der Waals surface area contributed by atoms with Gasteiger partial charge in [-0.05, 0) is 25.0 Å². The summed E-state index contributed by atoms with van der Waals surface area (Å²) in [5.41, 5.74) is 0. The Morgan fingerprint density at radius 3 is 2.36 bits per heavy atom. The molecule has 0 saturated carbocycles. The van der Waals surface area contributed by atoms with E-state index < -0.39 is 0 Å². The lowest BCUT2D eigenvalue weighted by Gasteiger charge is -2.05. The van der Waals surface area contributed by atoms with Gasteiger partial charge in [-0.1, -0.05) is 12.7 Å². The normalized spacial score (nSPS) is 12.5. The number of hydrogen-bond donors (Lipinski definition) is 1. The van der Waals surface area contributed by atoms with Crippen LogP contribution in [0.2, 0.25) is 0 Å². The molecule has 0 aliphatic rings. The molecule has 0 aromatic carbocycles. The van der Waals surface area contributed by atoms with Gasteiger partial charge in [0.1, 0.15) is 0 Å². The van der Waals surface area contributed by atoms with Crippen molar-refractivity contribution in [2.45, 2.75) is 12.8 Å². The Morgan fingerprint density at radius 2 is 1.93 bits per heavy atom. The van der Waals surface area contributed by atoms with Crippen LogP contribution in [0.1, 0.15) is 12.8 Å². The number of aliphatic hydroxyl groups excluding tert-OH is 1. The molecule has 0 unspecified atom stereocenters. The molecule has 1 N–H and O–H groups in total. The molecule has 3 heteroatoms. The van der Waals surface area contributed by atoms with Crippen molar-refractivity contribution in [2.75, 3.05) is 20.8 Å². The quantitative estimate of drug-likeness (QED) is 0.386. The minimum absolute atomic E-state index is 0.203. The van der Waals surface area contributed by atoms with Crippen molar-refractivity contribution in [2.24, 2.45) is 0 Å². The van der Waals surface area contributed by atoms with E-state index in [-0.39, 0.29) is 6.61 Å². The highest BCUT2D eigenvalue weighted by molar-refractivity contribution is 5.23. The van der Waals surface area contributed by atoms with Crippen molar-refractivity contribution in [3.8, 4) is 0 Å². The Kier molecular flexibility index (Phi) is 7.65. The SMILES string of the molecule is C=C/C(OC)=C(\C=C/CCCO)OC. The van der Waals surface area contributed by atoms with Crippen LogP contribution >= 0.6 is 0 Å². The van der Waals surface area contributed by atoms with Crippen LogP contribution in [0, 0.1) is 0 Å². The molecule has 0 aliphatic heterocycles. The number of hydrogen-bond acceptors (Lipinski definition) is 3. The zero-order chi connectivity index (χ0) is 10.8. The summed E-state index contributed by atoms with van der Waals surface area (Å²) in [7, 11) is 3.14. The first-order valence-corrected chi connectivity index (χ1v) is 4.52. The van der Waals surface area contributed by atoms with Crippen molar-refractivity contribution < 1.29 is 14.6 Å². The number of methoxy groups -OCH3 is 2. The number of ether oxygens (including phenoxy) is 2. The molecule has 3 nitrogen and oxygen atoms in total. The van der Waals surface area contributed by atoms with Crippen LogP contribution in [-0.2, 0) is 9.47 Å². The fraction of sp³-hybridized carbons (Fsp3) is 0.455. The molecular formula is C11H18O3. The summed E-state index contributed by atoms with van der Waals surface area (Å²) >= 11 is 0. The summed E-state index contributed by atoms with van der Waals surface area (Å²) in [5, 5.41) is 8.57. The van der Waals surface area contributed by atoms with Crippen molar-refractivity contribution in [1.29, 1.82) is 0 Å². The molecule has 0 atom stereocenters. The molecular weight excluding hydrogens is 180 g/mol. The van der Waals surface area contributed by atoms with Crippen molar-refractivity contribution in [3.05, 3.63) is 36.3 Å². The summed E-state index contributed by atoms with van der Waals surface area (Å²) in [6.07, 6.45) is 6.91. The predicted octanol–water partition coefficient (Wildman–Crippen LogP) is 2.01. The maximum atomic E-state index is 8.57. The lowest BCUT2D eigenvalue weighted by atomic mass is 10.2. The second-order valence-electron chi connectivity index (χ2n) is 2.61. The van der Waals surface area contributed by atoms with Gasteiger partial charge in [-0.3, -0.25) is 0 Å². The van der Waals surface area contributed by atoms with Crippen LogP contribution in [0.5, 0.6) is 0 Å². The first kappa shape index (κ1) is 12.8. The van der Waals surface area contributed by atoms with Gasteiger partial charge in [-0.25, -0.2) is 0 Å². The van der Waals surface area contributed by atoms with Crippen LogP contribution in [0.3, 0.4) is 0 Å². The Hall–Kier alpha value is -1.22. The van der Waals surface area contributed by atoms with E-state index in [4.69, 9.17) is 14.6 Å². The Labute approximate surface area is 85.3 Å². The van der Waals surface area contributed by atoms with Gasteiger partial charge in [0.25, 0.3) is 0 Å². The van der Waals surface area contributed by atoms with Gasteiger partial charge in [-0.2, -0.15) is 0 Å². The smallest absolute Gasteiger partial charge is 0.160 e. The first-order chi connectivity index (χ1) is 6.79. The van der Waals surface area contributed by atoms with Gasteiger partial charge in [0.15, 0.2) is 11.5 Å². The average molecular weight is 198 g/mol. The molecule has 0 spiro atoms. The predicted molar refractivity (Wildman–Crippen MR) is 56.7 cm³/mol. The lowest BCUT2D eigenvalue weighted by molar-refractivity contribution is 0.241. The lowest BCUT2D eigenvalue weighted by Crippen LogP contribution is -1.92. The van der Waals surface area contributed by atoms with E-state index in [0.717, 1.165) is 12.8 Å². The highest BCUT2D eigenvalue weighted by Gasteiger charge is 1.98. The Bertz CT molecular complexity index is 217. The summed E-state index contributed by atoms with van der Waals surface area (Å²) in [6, 6.07) is 0. The molecule has 0 heterocycles. The third kappa shape index (κ3) is 4.72. The molecule has 0 rings (SSSR count). The van der Waals surface area contributed by atoms with Crippen LogP contribution in [0.25, 0.3) is 0 Å².